The fraction of sp³-hybridized carbons (Fsp3) is 0.400. The molecule has 102 valence electrons. The normalized spacial score (nSPS) is 11.2. The molecule has 1 aromatic carbocycles. The molecule has 0 amide bonds. The molecule has 2 rings (SSSR count). The van der Waals surface area contributed by atoms with Crippen LogP contribution in [-0.2, 0) is 0 Å². The Hall–Kier alpha value is -1.32. The zero-order valence-corrected chi connectivity index (χ0v) is 12.2. The number of nitrogens with one attached hydrogen (secondary N) is 1. The van der Waals surface area contributed by atoms with E-state index < -0.39 is 0 Å². The molecule has 0 atom stereocenters. The summed E-state index contributed by atoms with van der Waals surface area (Å²) in [6.45, 7) is 2.10. The first-order valence-corrected chi connectivity index (χ1v) is 6.97. The number of hydrogen-bond acceptors (Lipinski definition) is 3. The van der Waals surface area contributed by atoms with Gasteiger partial charge in [0.05, 0.1) is 5.52 Å². The van der Waals surface area contributed by atoms with Gasteiger partial charge >= 0.3 is 0 Å². The average molecular weight is 278 g/mol. The smallest absolute Gasteiger partial charge is 0.0723 e. The standard InChI is InChI=1S/C15H20ClN3/c1-19(2)10-4-3-8-17-15-7-9-18-14-6-5-12(16)11-13(14)15/h5-7,9,11H,3-4,8,10H2,1-2H3,(H,17,18). The van der Waals surface area contributed by atoms with Gasteiger partial charge in [-0.05, 0) is 57.7 Å². The lowest BCUT2D eigenvalue weighted by Gasteiger charge is -2.11. The number of anilines is 1. The van der Waals surface area contributed by atoms with E-state index in [1.807, 2.05) is 30.5 Å². The van der Waals surface area contributed by atoms with E-state index in [9.17, 15) is 0 Å². The highest BCUT2D eigenvalue weighted by Gasteiger charge is 2.02. The van der Waals surface area contributed by atoms with Gasteiger partial charge in [-0.1, -0.05) is 11.6 Å². The van der Waals surface area contributed by atoms with E-state index in [0.717, 1.165) is 41.1 Å². The molecule has 0 bridgehead atoms. The van der Waals surface area contributed by atoms with Gasteiger partial charge in [-0.15, -0.1) is 0 Å². The molecule has 0 spiro atoms. The van der Waals surface area contributed by atoms with Crippen molar-refractivity contribution in [2.75, 3.05) is 32.5 Å². The Kier molecular flexibility index (Phi) is 5.00. The van der Waals surface area contributed by atoms with Gasteiger partial charge in [0, 0.05) is 28.8 Å². The van der Waals surface area contributed by atoms with Crippen LogP contribution in [-0.4, -0.2) is 37.1 Å². The summed E-state index contributed by atoms with van der Waals surface area (Å²) in [5, 5.41) is 5.30. The van der Waals surface area contributed by atoms with Crippen LogP contribution in [0.5, 0.6) is 0 Å². The van der Waals surface area contributed by atoms with Crippen LogP contribution < -0.4 is 5.32 Å². The molecule has 1 aromatic heterocycles. The average Bonchev–Trinajstić information content (AvgIpc) is 2.38. The van der Waals surface area contributed by atoms with Crippen molar-refractivity contribution >= 4 is 28.2 Å². The molecule has 3 nitrogen and oxygen atoms in total. The maximum atomic E-state index is 6.05. The van der Waals surface area contributed by atoms with Crippen molar-refractivity contribution in [1.82, 2.24) is 9.88 Å². The van der Waals surface area contributed by atoms with Crippen LogP contribution in [0.1, 0.15) is 12.8 Å². The molecule has 0 aliphatic carbocycles. The summed E-state index contributed by atoms with van der Waals surface area (Å²) in [6, 6.07) is 7.79. The van der Waals surface area contributed by atoms with Crippen LogP contribution in [0.25, 0.3) is 10.9 Å². The maximum absolute atomic E-state index is 6.05. The maximum Gasteiger partial charge on any atom is 0.0723 e. The zero-order chi connectivity index (χ0) is 13.7. The third-order valence-electron chi connectivity index (χ3n) is 3.05. The summed E-state index contributed by atoms with van der Waals surface area (Å²) in [5.41, 5.74) is 2.08. The topological polar surface area (TPSA) is 28.2 Å². The summed E-state index contributed by atoms with van der Waals surface area (Å²) < 4.78 is 0. The molecule has 19 heavy (non-hydrogen) atoms. The van der Waals surface area contributed by atoms with Gasteiger partial charge < -0.3 is 10.2 Å². The molecule has 0 unspecified atom stereocenters. The first-order chi connectivity index (χ1) is 9.16. The third kappa shape index (κ3) is 4.08. The molecular weight excluding hydrogens is 258 g/mol. The Morgan fingerprint density at radius 2 is 2.05 bits per heavy atom. The van der Waals surface area contributed by atoms with Gasteiger partial charge in [0.1, 0.15) is 0 Å². The molecule has 0 aliphatic rings. The Morgan fingerprint density at radius 3 is 2.84 bits per heavy atom. The number of rotatable bonds is 6. The second-order valence-corrected chi connectivity index (χ2v) is 5.39. The molecular formula is C15H20ClN3. The fourth-order valence-corrected chi connectivity index (χ4v) is 2.22. The number of benzene rings is 1. The van der Waals surface area contributed by atoms with Gasteiger partial charge in [0.25, 0.3) is 0 Å². The van der Waals surface area contributed by atoms with Gasteiger partial charge in [0.2, 0.25) is 0 Å². The third-order valence-corrected chi connectivity index (χ3v) is 3.29. The van der Waals surface area contributed by atoms with Crippen LogP contribution in [0, 0.1) is 0 Å². The van der Waals surface area contributed by atoms with Crippen molar-refractivity contribution in [3.05, 3.63) is 35.5 Å². The highest BCUT2D eigenvalue weighted by molar-refractivity contribution is 6.31. The summed E-state index contributed by atoms with van der Waals surface area (Å²) in [4.78, 5) is 6.56. The first kappa shape index (κ1) is 14.1. The van der Waals surface area contributed by atoms with Gasteiger partial charge in [-0.3, -0.25) is 4.98 Å². The molecule has 0 radical (unpaired) electrons. The van der Waals surface area contributed by atoms with Crippen LogP contribution in [0.3, 0.4) is 0 Å². The minimum Gasteiger partial charge on any atom is -0.384 e. The van der Waals surface area contributed by atoms with E-state index >= 15 is 0 Å². The number of halogens is 1. The first-order valence-electron chi connectivity index (χ1n) is 6.60. The molecule has 0 fully saturated rings. The van der Waals surface area contributed by atoms with Crippen molar-refractivity contribution < 1.29 is 0 Å². The van der Waals surface area contributed by atoms with E-state index in [4.69, 9.17) is 11.6 Å². The lowest BCUT2D eigenvalue weighted by atomic mass is 10.2. The van der Waals surface area contributed by atoms with E-state index in [2.05, 4.69) is 29.3 Å². The number of nitrogens with zero attached hydrogens (tertiary/aromatic N) is 2. The van der Waals surface area contributed by atoms with Crippen LogP contribution >= 0.6 is 11.6 Å². The molecule has 1 N–H and O–H groups in total. The highest BCUT2D eigenvalue weighted by Crippen LogP contribution is 2.24. The van der Waals surface area contributed by atoms with Crippen molar-refractivity contribution in [3.8, 4) is 0 Å². The minimum absolute atomic E-state index is 0.746. The van der Waals surface area contributed by atoms with E-state index in [1.54, 1.807) is 0 Å². The summed E-state index contributed by atoms with van der Waals surface area (Å²) in [6.07, 6.45) is 4.19. The van der Waals surface area contributed by atoms with Crippen molar-refractivity contribution in [2.24, 2.45) is 0 Å². The van der Waals surface area contributed by atoms with Crippen LogP contribution in [0.15, 0.2) is 30.5 Å². The lowest BCUT2D eigenvalue weighted by molar-refractivity contribution is 0.396. The number of unbranched alkanes of at least 4 members (excludes halogenated alkanes) is 1. The summed E-state index contributed by atoms with van der Waals surface area (Å²) in [7, 11) is 4.21. The van der Waals surface area contributed by atoms with E-state index in [0.29, 0.717) is 0 Å². The molecule has 4 heteroatoms. The second-order valence-electron chi connectivity index (χ2n) is 4.96. The summed E-state index contributed by atoms with van der Waals surface area (Å²) >= 11 is 6.05. The van der Waals surface area contributed by atoms with Crippen molar-refractivity contribution in [3.63, 3.8) is 0 Å². The van der Waals surface area contributed by atoms with Crippen LogP contribution in [0.2, 0.25) is 5.02 Å². The second kappa shape index (κ2) is 6.73. The predicted octanol–water partition coefficient (Wildman–Crippen LogP) is 3.64. The monoisotopic (exact) mass is 277 g/mol. The fourth-order valence-electron chi connectivity index (χ4n) is 2.05. The summed E-state index contributed by atoms with van der Waals surface area (Å²) in [5.74, 6) is 0. The van der Waals surface area contributed by atoms with E-state index in [-0.39, 0.29) is 0 Å². The SMILES string of the molecule is CN(C)CCCCNc1ccnc2ccc(Cl)cc12. The predicted molar refractivity (Wildman–Crippen MR) is 83.0 cm³/mol. The molecule has 0 saturated carbocycles. The number of hydrogen-bond donors (Lipinski definition) is 1. The highest BCUT2D eigenvalue weighted by atomic mass is 35.5. The Bertz CT molecular complexity index is 540. The molecule has 2 aromatic rings. The van der Waals surface area contributed by atoms with E-state index in [1.165, 1.54) is 6.42 Å². The number of pyridine rings is 1. The molecule has 0 aliphatic heterocycles. The molecule has 0 saturated heterocycles. The van der Waals surface area contributed by atoms with Gasteiger partial charge in [-0.2, -0.15) is 0 Å². The minimum atomic E-state index is 0.746. The largest absolute Gasteiger partial charge is 0.384 e. The van der Waals surface area contributed by atoms with Gasteiger partial charge in [-0.25, -0.2) is 0 Å². The zero-order valence-electron chi connectivity index (χ0n) is 11.5. The molecule has 1 heterocycles. The van der Waals surface area contributed by atoms with Gasteiger partial charge in [0.15, 0.2) is 0 Å². The Balaban J connectivity index is 1.98. The Labute approximate surface area is 119 Å². The Morgan fingerprint density at radius 1 is 1.21 bits per heavy atom. The quantitative estimate of drug-likeness (QED) is 0.817. The van der Waals surface area contributed by atoms with Crippen LogP contribution in [0.4, 0.5) is 5.69 Å². The van der Waals surface area contributed by atoms with Crippen molar-refractivity contribution in [1.29, 1.82) is 0 Å². The number of fused-ring (bicyclic) bond motifs is 1. The van der Waals surface area contributed by atoms with Crippen molar-refractivity contribution in [2.45, 2.75) is 12.8 Å². The number of aromatic nitrogens is 1. The lowest BCUT2D eigenvalue weighted by Crippen LogP contribution is -2.14.